The van der Waals surface area contributed by atoms with Gasteiger partial charge in [0.05, 0.1) is 12.7 Å². The lowest BCUT2D eigenvalue weighted by Crippen LogP contribution is -2.29. The summed E-state index contributed by atoms with van der Waals surface area (Å²) in [7, 11) is 0. The van der Waals surface area contributed by atoms with Gasteiger partial charge in [-0.15, -0.1) is 0 Å². The molecule has 0 amide bonds. The fraction of sp³-hybridized carbons (Fsp3) is 0.956. The predicted molar refractivity (Wildman–Crippen MR) is 218 cm³/mol. The Morgan fingerprint density at radius 3 is 1.25 bits per heavy atom. The number of hydrogen-bond donors (Lipinski definition) is 1. The second-order valence-electron chi connectivity index (χ2n) is 15.7. The first kappa shape index (κ1) is 49.9. The Kier molecular flexibility index (Phi) is 39.2. The normalized spacial score (nSPS) is 12.2. The minimum atomic E-state index is -0.0521. The standard InChI is InChI=1S/C45H89NO5/c1-5-8-11-14-17-18-20-26-33-42(4)50-44(48)36-30-25-32-39-46(40-41-47)38-31-24-19-23-29-37-45(49)51-43(34-27-21-15-12-9-6-2)35-28-22-16-13-10-7-3/h42-43,47H,5-41H2,1-4H3. The number of nitrogens with zero attached hydrogens (tertiary/aromatic N) is 1. The molecule has 1 N–H and O–H groups in total. The van der Waals surface area contributed by atoms with Crippen molar-refractivity contribution in [2.24, 2.45) is 0 Å². The van der Waals surface area contributed by atoms with E-state index in [0.717, 1.165) is 90.1 Å². The Labute approximate surface area is 318 Å². The molecule has 0 radical (unpaired) electrons. The molecule has 1 unspecified atom stereocenters. The van der Waals surface area contributed by atoms with Crippen LogP contribution in [0.2, 0.25) is 0 Å². The van der Waals surface area contributed by atoms with E-state index in [2.05, 4.69) is 25.7 Å². The van der Waals surface area contributed by atoms with Gasteiger partial charge in [-0.3, -0.25) is 9.59 Å². The van der Waals surface area contributed by atoms with Gasteiger partial charge in [0.15, 0.2) is 0 Å². The third-order valence-corrected chi connectivity index (χ3v) is 10.5. The first-order valence-electron chi connectivity index (χ1n) is 22.7. The SMILES string of the molecule is CCCCCCCCCCC(C)OC(=O)CCCCCN(CCO)CCCCCCCC(=O)OC(CCCCCCCC)CCCCCCCC. The van der Waals surface area contributed by atoms with Gasteiger partial charge in [0, 0.05) is 19.4 Å². The summed E-state index contributed by atoms with van der Waals surface area (Å²) in [6.07, 6.45) is 38.3. The fourth-order valence-electron chi connectivity index (χ4n) is 7.11. The number of rotatable bonds is 41. The van der Waals surface area contributed by atoms with Crippen LogP contribution in [0.5, 0.6) is 0 Å². The minimum absolute atomic E-state index is 0.00710. The van der Waals surface area contributed by atoms with Gasteiger partial charge in [-0.05, 0) is 84.2 Å². The van der Waals surface area contributed by atoms with E-state index >= 15 is 0 Å². The first-order valence-corrected chi connectivity index (χ1v) is 22.7. The van der Waals surface area contributed by atoms with Crippen molar-refractivity contribution in [2.45, 2.75) is 252 Å². The molecular formula is C45H89NO5. The van der Waals surface area contributed by atoms with Gasteiger partial charge < -0.3 is 19.5 Å². The Bertz CT molecular complexity index is 715. The molecule has 6 heteroatoms. The zero-order chi connectivity index (χ0) is 37.5. The van der Waals surface area contributed by atoms with Crippen molar-refractivity contribution in [2.75, 3.05) is 26.2 Å². The van der Waals surface area contributed by atoms with Gasteiger partial charge in [-0.1, -0.05) is 156 Å². The van der Waals surface area contributed by atoms with Crippen LogP contribution in [0.25, 0.3) is 0 Å². The minimum Gasteiger partial charge on any atom is -0.463 e. The lowest BCUT2D eigenvalue weighted by atomic mass is 10.0. The maximum absolute atomic E-state index is 12.7. The summed E-state index contributed by atoms with van der Waals surface area (Å²) in [5, 5.41) is 9.55. The Morgan fingerprint density at radius 1 is 0.451 bits per heavy atom. The molecule has 0 aromatic heterocycles. The van der Waals surface area contributed by atoms with Crippen LogP contribution >= 0.6 is 0 Å². The van der Waals surface area contributed by atoms with E-state index in [1.54, 1.807) is 0 Å². The van der Waals surface area contributed by atoms with Crippen molar-refractivity contribution in [3.63, 3.8) is 0 Å². The zero-order valence-corrected chi connectivity index (χ0v) is 34.8. The third-order valence-electron chi connectivity index (χ3n) is 10.5. The Hall–Kier alpha value is -1.14. The second-order valence-corrected chi connectivity index (χ2v) is 15.7. The van der Waals surface area contributed by atoms with E-state index in [-0.39, 0.29) is 30.8 Å². The van der Waals surface area contributed by atoms with Crippen LogP contribution in [-0.2, 0) is 19.1 Å². The molecule has 1 atom stereocenters. The number of carbonyl (C=O) groups excluding carboxylic acids is 2. The molecule has 0 saturated heterocycles. The highest BCUT2D eigenvalue weighted by Crippen LogP contribution is 2.19. The van der Waals surface area contributed by atoms with Gasteiger partial charge in [0.25, 0.3) is 0 Å². The summed E-state index contributed by atoms with van der Waals surface area (Å²) in [5.41, 5.74) is 0. The summed E-state index contributed by atoms with van der Waals surface area (Å²) < 4.78 is 11.7. The highest BCUT2D eigenvalue weighted by Gasteiger charge is 2.15. The van der Waals surface area contributed by atoms with Gasteiger partial charge in [-0.2, -0.15) is 0 Å². The van der Waals surface area contributed by atoms with E-state index in [1.807, 2.05) is 6.92 Å². The maximum atomic E-state index is 12.7. The molecule has 0 spiro atoms. The first-order chi connectivity index (χ1) is 25.0. The second kappa shape index (κ2) is 40.1. The number of unbranched alkanes of at least 4 members (excludes halogenated alkanes) is 23. The largest absolute Gasteiger partial charge is 0.463 e. The molecule has 0 fully saturated rings. The lowest BCUT2D eigenvalue weighted by molar-refractivity contribution is -0.150. The molecule has 0 aliphatic carbocycles. The van der Waals surface area contributed by atoms with Crippen molar-refractivity contribution in [1.29, 1.82) is 0 Å². The van der Waals surface area contributed by atoms with E-state index in [9.17, 15) is 14.7 Å². The molecule has 0 heterocycles. The van der Waals surface area contributed by atoms with Gasteiger partial charge in [0.2, 0.25) is 0 Å². The van der Waals surface area contributed by atoms with E-state index < -0.39 is 0 Å². The zero-order valence-electron chi connectivity index (χ0n) is 34.8. The number of aliphatic hydroxyl groups excluding tert-OH is 1. The molecule has 0 rings (SSSR count). The quantitative estimate of drug-likeness (QED) is 0.0500. The van der Waals surface area contributed by atoms with Crippen LogP contribution in [0.3, 0.4) is 0 Å². The van der Waals surface area contributed by atoms with Crippen molar-refractivity contribution in [3.05, 3.63) is 0 Å². The molecule has 0 aliphatic rings. The van der Waals surface area contributed by atoms with Crippen molar-refractivity contribution >= 4 is 11.9 Å². The van der Waals surface area contributed by atoms with Gasteiger partial charge in [-0.25, -0.2) is 0 Å². The molecule has 6 nitrogen and oxygen atoms in total. The molecular weight excluding hydrogens is 634 g/mol. The Balaban J connectivity index is 4.03. The topological polar surface area (TPSA) is 76.1 Å². The highest BCUT2D eigenvalue weighted by atomic mass is 16.5. The van der Waals surface area contributed by atoms with E-state index in [0.29, 0.717) is 19.4 Å². The number of carbonyl (C=O) groups is 2. The average molecular weight is 724 g/mol. The number of ether oxygens (including phenoxy) is 2. The van der Waals surface area contributed by atoms with Gasteiger partial charge >= 0.3 is 11.9 Å². The fourth-order valence-corrected chi connectivity index (χ4v) is 7.11. The van der Waals surface area contributed by atoms with Crippen LogP contribution in [0.15, 0.2) is 0 Å². The maximum Gasteiger partial charge on any atom is 0.306 e. The average Bonchev–Trinajstić information content (AvgIpc) is 3.11. The third kappa shape index (κ3) is 37.0. The van der Waals surface area contributed by atoms with Crippen molar-refractivity contribution < 1.29 is 24.2 Å². The summed E-state index contributed by atoms with van der Waals surface area (Å²) in [4.78, 5) is 27.3. The lowest BCUT2D eigenvalue weighted by Gasteiger charge is -2.21. The molecule has 0 bridgehead atoms. The molecule has 0 saturated carbocycles. The predicted octanol–water partition coefficient (Wildman–Crippen LogP) is 13.1. The monoisotopic (exact) mass is 724 g/mol. The number of hydrogen-bond acceptors (Lipinski definition) is 6. The highest BCUT2D eigenvalue weighted by molar-refractivity contribution is 5.69. The molecule has 51 heavy (non-hydrogen) atoms. The van der Waals surface area contributed by atoms with Crippen LogP contribution < -0.4 is 0 Å². The Morgan fingerprint density at radius 2 is 0.804 bits per heavy atom. The number of esters is 2. The molecule has 0 aliphatic heterocycles. The van der Waals surface area contributed by atoms with Crippen LogP contribution in [0.4, 0.5) is 0 Å². The van der Waals surface area contributed by atoms with Gasteiger partial charge in [0.1, 0.15) is 6.10 Å². The molecule has 0 aromatic rings. The van der Waals surface area contributed by atoms with Crippen molar-refractivity contribution in [3.8, 4) is 0 Å². The van der Waals surface area contributed by atoms with E-state index in [4.69, 9.17) is 9.47 Å². The summed E-state index contributed by atoms with van der Waals surface area (Å²) in [6, 6.07) is 0. The molecule has 0 aromatic carbocycles. The van der Waals surface area contributed by atoms with E-state index in [1.165, 1.54) is 122 Å². The van der Waals surface area contributed by atoms with Crippen molar-refractivity contribution in [1.82, 2.24) is 4.90 Å². The van der Waals surface area contributed by atoms with Crippen LogP contribution in [0, 0.1) is 0 Å². The smallest absolute Gasteiger partial charge is 0.306 e. The molecule has 304 valence electrons. The number of aliphatic hydroxyl groups is 1. The summed E-state index contributed by atoms with van der Waals surface area (Å²) >= 11 is 0. The summed E-state index contributed by atoms with van der Waals surface area (Å²) in [5.74, 6) is -0.0450. The van der Waals surface area contributed by atoms with Crippen LogP contribution in [-0.4, -0.2) is 60.4 Å². The summed E-state index contributed by atoms with van der Waals surface area (Å²) in [6.45, 7) is 11.7. The van der Waals surface area contributed by atoms with Crippen LogP contribution in [0.1, 0.15) is 240 Å².